The van der Waals surface area contributed by atoms with Crippen molar-refractivity contribution in [2.45, 2.75) is 12.5 Å². The van der Waals surface area contributed by atoms with E-state index in [2.05, 4.69) is 0 Å². The Morgan fingerprint density at radius 1 is 1.10 bits per heavy atom. The number of hydrogen-bond acceptors (Lipinski definition) is 2. The maximum absolute atomic E-state index is 13.6. The van der Waals surface area contributed by atoms with E-state index in [9.17, 15) is 13.9 Å². The van der Waals surface area contributed by atoms with E-state index in [1.807, 2.05) is 29.6 Å². The Morgan fingerprint density at radius 2 is 1.90 bits per heavy atom. The van der Waals surface area contributed by atoms with Gasteiger partial charge in [-0.2, -0.15) is 0 Å². The zero-order chi connectivity index (χ0) is 14.1. The van der Waals surface area contributed by atoms with E-state index >= 15 is 0 Å². The highest BCUT2D eigenvalue weighted by molar-refractivity contribution is 7.17. The summed E-state index contributed by atoms with van der Waals surface area (Å²) in [6, 6.07) is 11.1. The fourth-order valence-corrected chi connectivity index (χ4v) is 3.26. The molecule has 20 heavy (non-hydrogen) atoms. The lowest BCUT2D eigenvalue weighted by molar-refractivity contribution is 0.174. The van der Waals surface area contributed by atoms with Crippen LogP contribution in [0.4, 0.5) is 8.78 Å². The van der Waals surface area contributed by atoms with Gasteiger partial charge in [0.15, 0.2) is 0 Å². The lowest BCUT2D eigenvalue weighted by Gasteiger charge is -2.11. The second-order valence-electron chi connectivity index (χ2n) is 4.64. The lowest BCUT2D eigenvalue weighted by Crippen LogP contribution is -2.04. The second kappa shape index (κ2) is 5.31. The summed E-state index contributed by atoms with van der Waals surface area (Å²) >= 11 is 1.59. The van der Waals surface area contributed by atoms with Crippen molar-refractivity contribution >= 4 is 21.4 Å². The molecule has 2 aromatic carbocycles. The van der Waals surface area contributed by atoms with Gasteiger partial charge < -0.3 is 5.11 Å². The van der Waals surface area contributed by atoms with E-state index in [0.717, 1.165) is 27.8 Å². The van der Waals surface area contributed by atoms with Crippen molar-refractivity contribution in [2.75, 3.05) is 0 Å². The first-order valence-electron chi connectivity index (χ1n) is 6.23. The average Bonchev–Trinajstić information content (AvgIpc) is 2.82. The summed E-state index contributed by atoms with van der Waals surface area (Å²) in [5.74, 6) is -1.35. The predicted molar refractivity (Wildman–Crippen MR) is 76.8 cm³/mol. The van der Waals surface area contributed by atoms with Gasteiger partial charge in [0.25, 0.3) is 0 Å². The molecule has 1 heterocycles. The monoisotopic (exact) mass is 290 g/mol. The van der Waals surface area contributed by atoms with Gasteiger partial charge in [-0.05, 0) is 28.5 Å². The van der Waals surface area contributed by atoms with E-state index in [1.165, 1.54) is 6.07 Å². The van der Waals surface area contributed by atoms with Crippen LogP contribution in [0.1, 0.15) is 17.2 Å². The van der Waals surface area contributed by atoms with Crippen molar-refractivity contribution in [3.8, 4) is 0 Å². The first-order chi connectivity index (χ1) is 9.65. The molecule has 1 unspecified atom stereocenters. The molecule has 0 saturated heterocycles. The normalized spacial score (nSPS) is 12.8. The summed E-state index contributed by atoms with van der Waals surface area (Å²) in [4.78, 5) is 0. The number of fused-ring (bicyclic) bond motifs is 1. The molecule has 0 aliphatic rings. The van der Waals surface area contributed by atoms with Crippen LogP contribution in [-0.4, -0.2) is 5.11 Å². The van der Waals surface area contributed by atoms with E-state index in [4.69, 9.17) is 0 Å². The van der Waals surface area contributed by atoms with E-state index in [0.29, 0.717) is 6.42 Å². The zero-order valence-electron chi connectivity index (χ0n) is 10.5. The Kier molecular flexibility index (Phi) is 3.51. The maximum atomic E-state index is 13.6. The molecule has 1 nitrogen and oxygen atoms in total. The summed E-state index contributed by atoms with van der Waals surface area (Å²) in [6.07, 6.45) is -0.666. The third-order valence-corrected chi connectivity index (χ3v) is 4.31. The van der Waals surface area contributed by atoms with Crippen LogP contribution in [-0.2, 0) is 6.42 Å². The van der Waals surface area contributed by atoms with Crippen LogP contribution in [0.2, 0.25) is 0 Å². The summed E-state index contributed by atoms with van der Waals surface area (Å²) < 4.78 is 27.7. The molecule has 0 saturated carbocycles. The van der Waals surface area contributed by atoms with Gasteiger partial charge in [0.2, 0.25) is 0 Å². The highest BCUT2D eigenvalue weighted by Crippen LogP contribution is 2.30. The topological polar surface area (TPSA) is 20.2 Å². The van der Waals surface area contributed by atoms with Crippen LogP contribution >= 0.6 is 11.3 Å². The molecule has 1 N–H and O–H groups in total. The first-order valence-corrected chi connectivity index (χ1v) is 7.11. The number of aliphatic hydroxyl groups is 1. The van der Waals surface area contributed by atoms with Gasteiger partial charge in [-0.15, -0.1) is 11.3 Å². The lowest BCUT2D eigenvalue weighted by atomic mass is 10.0. The molecule has 4 heteroatoms. The SMILES string of the molecule is OC(Cc1csc2ccccc12)c1ccc(F)cc1F. The Balaban J connectivity index is 1.90. The van der Waals surface area contributed by atoms with Crippen molar-refractivity contribution in [2.24, 2.45) is 0 Å². The number of thiophene rings is 1. The molecule has 0 amide bonds. The van der Waals surface area contributed by atoms with Crippen molar-refractivity contribution in [3.63, 3.8) is 0 Å². The molecule has 1 aromatic heterocycles. The number of hydrogen-bond donors (Lipinski definition) is 1. The predicted octanol–water partition coefficient (Wildman–Crippen LogP) is 4.46. The van der Waals surface area contributed by atoms with Crippen molar-refractivity contribution in [3.05, 3.63) is 70.6 Å². The van der Waals surface area contributed by atoms with Crippen LogP contribution < -0.4 is 0 Å². The average molecular weight is 290 g/mol. The first kappa shape index (κ1) is 13.2. The second-order valence-corrected chi connectivity index (χ2v) is 5.55. The maximum Gasteiger partial charge on any atom is 0.131 e. The van der Waals surface area contributed by atoms with Crippen LogP contribution in [0, 0.1) is 11.6 Å². The Labute approximate surface area is 119 Å². The minimum atomic E-state index is -0.978. The quantitative estimate of drug-likeness (QED) is 0.755. The molecular formula is C16H12F2OS. The van der Waals surface area contributed by atoms with Gasteiger partial charge in [0, 0.05) is 22.8 Å². The fraction of sp³-hybridized carbons (Fsp3) is 0.125. The summed E-state index contributed by atoms with van der Waals surface area (Å²) in [5.41, 5.74) is 1.10. The molecule has 0 aliphatic carbocycles. The minimum absolute atomic E-state index is 0.127. The van der Waals surface area contributed by atoms with Crippen molar-refractivity contribution < 1.29 is 13.9 Å². The van der Waals surface area contributed by atoms with Gasteiger partial charge in [-0.3, -0.25) is 0 Å². The third kappa shape index (κ3) is 2.44. The van der Waals surface area contributed by atoms with Crippen LogP contribution in [0.15, 0.2) is 47.8 Å². The molecule has 1 atom stereocenters. The highest BCUT2D eigenvalue weighted by Gasteiger charge is 2.16. The molecule has 0 spiro atoms. The van der Waals surface area contributed by atoms with Gasteiger partial charge in [0.1, 0.15) is 11.6 Å². The van der Waals surface area contributed by atoms with Crippen molar-refractivity contribution in [1.82, 2.24) is 0 Å². The number of aliphatic hydroxyl groups excluding tert-OH is 1. The largest absolute Gasteiger partial charge is 0.388 e. The Morgan fingerprint density at radius 3 is 2.70 bits per heavy atom. The van der Waals surface area contributed by atoms with Crippen LogP contribution in [0.25, 0.3) is 10.1 Å². The van der Waals surface area contributed by atoms with E-state index in [-0.39, 0.29) is 5.56 Å². The van der Waals surface area contributed by atoms with Crippen LogP contribution in [0.5, 0.6) is 0 Å². The Hall–Kier alpha value is -1.78. The van der Waals surface area contributed by atoms with Gasteiger partial charge >= 0.3 is 0 Å². The molecule has 102 valence electrons. The van der Waals surface area contributed by atoms with E-state index in [1.54, 1.807) is 11.3 Å². The van der Waals surface area contributed by atoms with Gasteiger partial charge in [-0.1, -0.05) is 24.3 Å². The minimum Gasteiger partial charge on any atom is -0.388 e. The number of halogens is 2. The van der Waals surface area contributed by atoms with Gasteiger partial charge in [-0.25, -0.2) is 8.78 Å². The van der Waals surface area contributed by atoms with Crippen molar-refractivity contribution in [1.29, 1.82) is 0 Å². The zero-order valence-corrected chi connectivity index (χ0v) is 11.3. The molecule has 3 rings (SSSR count). The molecule has 0 fully saturated rings. The number of benzene rings is 2. The van der Waals surface area contributed by atoms with Crippen LogP contribution in [0.3, 0.4) is 0 Å². The smallest absolute Gasteiger partial charge is 0.131 e. The summed E-state index contributed by atoms with van der Waals surface area (Å²) in [7, 11) is 0. The molecule has 0 radical (unpaired) electrons. The Bertz CT molecular complexity index is 751. The molecular weight excluding hydrogens is 278 g/mol. The number of rotatable bonds is 3. The molecule has 0 bridgehead atoms. The fourth-order valence-electron chi connectivity index (χ4n) is 2.28. The third-order valence-electron chi connectivity index (χ3n) is 3.30. The summed E-state index contributed by atoms with van der Waals surface area (Å²) in [5, 5.41) is 13.2. The van der Waals surface area contributed by atoms with E-state index < -0.39 is 17.7 Å². The summed E-state index contributed by atoms with van der Waals surface area (Å²) in [6.45, 7) is 0. The van der Waals surface area contributed by atoms with Gasteiger partial charge in [0.05, 0.1) is 6.10 Å². The molecule has 3 aromatic rings. The molecule has 0 aliphatic heterocycles. The highest BCUT2D eigenvalue weighted by atomic mass is 32.1. The standard InChI is InChI=1S/C16H12F2OS/c17-11-5-6-13(14(18)8-11)15(19)7-10-9-20-16-4-2-1-3-12(10)16/h1-6,8-9,15,19H,7H2.